The Morgan fingerprint density at radius 1 is 1.02 bits per heavy atom. The van der Waals surface area contributed by atoms with Gasteiger partial charge in [-0.3, -0.25) is 9.88 Å². The van der Waals surface area contributed by atoms with Gasteiger partial charge in [0.25, 0.3) is 0 Å². The third-order valence-electron chi connectivity index (χ3n) is 9.76. The van der Waals surface area contributed by atoms with Crippen LogP contribution in [0, 0.1) is 11.6 Å². The lowest BCUT2D eigenvalue weighted by Gasteiger charge is -2.33. The number of aromatic nitrogens is 3. The SMILES string of the molecule is CCc1c(F)ccc2cc(O)cc(-c3ncc4c(N5CCSC(CO)C5)nc(OC[C@@]56CCCN5C[C@H](F)C6)nc4c3F)c12.O=C(O)C(F)(F)F.O=C(O)C(F)(F)F. The van der Waals surface area contributed by atoms with Crippen molar-refractivity contribution in [3.8, 4) is 23.0 Å². The van der Waals surface area contributed by atoms with Gasteiger partial charge in [-0.15, -0.1) is 0 Å². The lowest BCUT2D eigenvalue weighted by atomic mass is 9.94. The molecule has 0 saturated carbocycles. The van der Waals surface area contributed by atoms with Gasteiger partial charge in [0.05, 0.1) is 17.5 Å². The summed E-state index contributed by atoms with van der Waals surface area (Å²) in [4.78, 5) is 35.7. The molecule has 4 N–H and O–H groups in total. The van der Waals surface area contributed by atoms with Gasteiger partial charge < -0.3 is 30.1 Å². The number of hydrogen-bond acceptors (Lipinski definition) is 11. The van der Waals surface area contributed by atoms with E-state index in [2.05, 4.69) is 14.9 Å². The van der Waals surface area contributed by atoms with Crippen LogP contribution in [0.2, 0.25) is 0 Å². The molecule has 7 rings (SSSR count). The first-order valence-corrected chi connectivity index (χ1v) is 18.6. The highest BCUT2D eigenvalue weighted by molar-refractivity contribution is 8.00. The molecule has 12 nitrogen and oxygen atoms in total. The quantitative estimate of drug-likeness (QED) is 0.148. The van der Waals surface area contributed by atoms with Gasteiger partial charge in [0.2, 0.25) is 0 Å². The van der Waals surface area contributed by atoms with Crippen LogP contribution in [0.3, 0.4) is 0 Å². The van der Waals surface area contributed by atoms with E-state index >= 15 is 4.39 Å². The summed E-state index contributed by atoms with van der Waals surface area (Å²) in [5, 5.41) is 36.0. The first-order chi connectivity index (χ1) is 27.2. The summed E-state index contributed by atoms with van der Waals surface area (Å²) < 4.78 is 116. The Balaban J connectivity index is 0.000000393. The number of carboxylic acids is 2. The molecule has 4 aromatic rings. The van der Waals surface area contributed by atoms with Crippen LogP contribution in [0.1, 0.15) is 31.7 Å². The number of thioether (sulfide) groups is 1. The van der Waals surface area contributed by atoms with Crippen molar-refractivity contribution in [2.75, 3.05) is 50.0 Å². The summed E-state index contributed by atoms with van der Waals surface area (Å²) in [7, 11) is 0. The fourth-order valence-electron chi connectivity index (χ4n) is 7.22. The zero-order valence-corrected chi connectivity index (χ0v) is 31.2. The largest absolute Gasteiger partial charge is 0.508 e. The van der Waals surface area contributed by atoms with Crippen LogP contribution in [-0.4, -0.2) is 127 Å². The molecule has 0 radical (unpaired) electrons. The number of fused-ring (bicyclic) bond motifs is 3. The van der Waals surface area contributed by atoms with Gasteiger partial charge in [0, 0.05) is 48.8 Å². The van der Waals surface area contributed by atoms with Gasteiger partial charge >= 0.3 is 30.3 Å². The molecular weight excluding hydrogens is 817 g/mol. The number of carbonyl (C=O) groups is 2. The fraction of sp³-hybridized carbons (Fsp3) is 0.472. The Labute approximate surface area is 327 Å². The Morgan fingerprint density at radius 2 is 1.69 bits per heavy atom. The Kier molecular flexibility index (Phi) is 13.4. The van der Waals surface area contributed by atoms with E-state index in [0.717, 1.165) is 25.1 Å². The van der Waals surface area contributed by atoms with E-state index in [-0.39, 0.29) is 47.0 Å². The van der Waals surface area contributed by atoms with Crippen LogP contribution in [0.25, 0.3) is 32.9 Å². The minimum absolute atomic E-state index is 0.00600. The fourth-order valence-corrected chi connectivity index (χ4v) is 8.27. The summed E-state index contributed by atoms with van der Waals surface area (Å²) >= 11 is 1.67. The predicted octanol–water partition coefficient (Wildman–Crippen LogP) is 6.53. The number of pyridine rings is 1. The number of phenols is 1. The number of halogens is 9. The van der Waals surface area contributed by atoms with Crippen molar-refractivity contribution in [3.63, 3.8) is 0 Å². The molecule has 3 aliphatic rings. The topological polar surface area (TPSA) is 169 Å². The second kappa shape index (κ2) is 17.6. The number of nitrogens with zero attached hydrogens (tertiary/aromatic N) is 5. The molecule has 3 aliphatic heterocycles. The van der Waals surface area contributed by atoms with Crippen LogP contribution < -0.4 is 9.64 Å². The number of phenolic OH excluding ortho intramolecular Hbond substituents is 1. The second-order valence-electron chi connectivity index (χ2n) is 13.6. The van der Waals surface area contributed by atoms with E-state index in [4.69, 9.17) is 29.5 Å². The molecule has 0 amide bonds. The molecule has 3 atom stereocenters. The highest BCUT2D eigenvalue weighted by Crippen LogP contribution is 2.42. The van der Waals surface area contributed by atoms with Gasteiger partial charge in [-0.05, 0) is 60.3 Å². The number of aromatic hydroxyl groups is 1. The van der Waals surface area contributed by atoms with Crippen molar-refractivity contribution in [1.82, 2.24) is 19.9 Å². The van der Waals surface area contributed by atoms with Crippen LogP contribution in [0.15, 0.2) is 30.5 Å². The molecule has 3 fully saturated rings. The summed E-state index contributed by atoms with van der Waals surface area (Å²) in [6.45, 7) is 4.30. The summed E-state index contributed by atoms with van der Waals surface area (Å²) in [5.41, 5.74) is 0.123. The Hall–Kier alpha value is -4.83. The lowest BCUT2D eigenvalue weighted by Crippen LogP contribution is -2.43. The number of hydrogen-bond donors (Lipinski definition) is 4. The zero-order chi connectivity index (χ0) is 42.7. The number of alkyl halides is 7. The van der Waals surface area contributed by atoms with Crippen molar-refractivity contribution in [3.05, 3.63) is 47.7 Å². The summed E-state index contributed by atoms with van der Waals surface area (Å²) in [5.74, 6) is -5.59. The lowest BCUT2D eigenvalue weighted by molar-refractivity contribution is -0.193. The van der Waals surface area contributed by atoms with Gasteiger partial charge in [-0.25, -0.2) is 22.8 Å². The molecular formula is C36H36F9N5O7S. The second-order valence-corrected chi connectivity index (χ2v) is 15.0. The maximum Gasteiger partial charge on any atom is 0.490 e. The average Bonchev–Trinajstić information content (AvgIpc) is 3.69. The maximum absolute atomic E-state index is 16.7. The number of aliphatic hydroxyl groups is 1. The molecule has 2 aromatic carbocycles. The molecule has 2 aromatic heterocycles. The molecule has 5 heterocycles. The van der Waals surface area contributed by atoms with E-state index in [1.807, 2.05) is 11.8 Å². The molecule has 0 bridgehead atoms. The normalized spacial score (nSPS) is 20.9. The van der Waals surface area contributed by atoms with Crippen molar-refractivity contribution < 1.29 is 74.3 Å². The van der Waals surface area contributed by atoms with E-state index in [9.17, 15) is 45.3 Å². The van der Waals surface area contributed by atoms with E-state index in [0.29, 0.717) is 60.0 Å². The van der Waals surface area contributed by atoms with Crippen molar-refractivity contribution in [2.45, 2.75) is 61.9 Å². The highest BCUT2D eigenvalue weighted by Gasteiger charge is 2.49. The predicted molar refractivity (Wildman–Crippen MR) is 193 cm³/mol. The van der Waals surface area contributed by atoms with Crippen LogP contribution in [-0.2, 0) is 16.0 Å². The molecule has 1 unspecified atom stereocenters. The molecule has 3 saturated heterocycles. The number of aliphatic hydroxyl groups excluding tert-OH is 1. The van der Waals surface area contributed by atoms with E-state index in [1.54, 1.807) is 17.8 Å². The highest BCUT2D eigenvalue weighted by atomic mass is 32.2. The number of benzene rings is 2. The zero-order valence-electron chi connectivity index (χ0n) is 30.4. The van der Waals surface area contributed by atoms with Gasteiger partial charge in [0.1, 0.15) is 41.4 Å². The summed E-state index contributed by atoms with van der Waals surface area (Å²) in [6.07, 6.45) is -7.09. The maximum atomic E-state index is 16.7. The van der Waals surface area contributed by atoms with Gasteiger partial charge in [-0.1, -0.05) is 13.0 Å². The molecule has 316 valence electrons. The first kappa shape index (κ1) is 44.3. The minimum atomic E-state index is -5.08. The monoisotopic (exact) mass is 853 g/mol. The molecule has 0 spiro atoms. The van der Waals surface area contributed by atoms with Gasteiger partial charge in [-0.2, -0.15) is 48.1 Å². The third kappa shape index (κ3) is 9.71. The number of carboxylic acid groups (broad SMARTS) is 2. The number of ether oxygens (including phenoxy) is 1. The first-order valence-electron chi connectivity index (χ1n) is 17.6. The standard InChI is InChI=1S/C32H34F3N5O3S.2C2HF3O2/c1-2-22-25(34)5-4-18-10-20(42)11-23(26(18)22)28-27(35)29-24(13-36-28)30(39-8-9-44-21(15-39)16-41)38-31(37-29)43-17-32-6-3-7-40(32)14-19(33)12-32;2*3-2(4,5)1(6)7/h4-5,10-11,13,19,21,41-42H,2-3,6-9,12,14-17H2,1H3;2*(H,6,7)/t19-,21?,32+;;/m1../s1. The van der Waals surface area contributed by atoms with Crippen LogP contribution >= 0.6 is 11.8 Å². The third-order valence-corrected chi connectivity index (χ3v) is 11.0. The number of aryl methyl sites for hydroxylation is 1. The van der Waals surface area contributed by atoms with E-state index in [1.165, 1.54) is 24.4 Å². The molecule has 58 heavy (non-hydrogen) atoms. The Bertz CT molecular complexity index is 2140. The number of aliphatic carboxylic acids is 2. The smallest absolute Gasteiger partial charge is 0.490 e. The minimum Gasteiger partial charge on any atom is -0.508 e. The van der Waals surface area contributed by atoms with Crippen molar-refractivity contribution in [1.29, 1.82) is 0 Å². The average molecular weight is 854 g/mol. The Morgan fingerprint density at radius 3 is 2.31 bits per heavy atom. The van der Waals surface area contributed by atoms with Gasteiger partial charge in [0.15, 0.2) is 5.82 Å². The summed E-state index contributed by atoms with van der Waals surface area (Å²) in [6, 6.07) is 5.79. The van der Waals surface area contributed by atoms with Crippen molar-refractivity contribution >= 4 is 51.2 Å². The molecule has 22 heteroatoms. The van der Waals surface area contributed by atoms with E-state index < -0.39 is 47.6 Å². The van der Waals surface area contributed by atoms with Crippen LogP contribution in [0.5, 0.6) is 11.8 Å². The number of rotatable bonds is 7. The number of anilines is 1. The van der Waals surface area contributed by atoms with Crippen molar-refractivity contribution in [2.24, 2.45) is 0 Å². The van der Waals surface area contributed by atoms with Crippen LogP contribution in [0.4, 0.5) is 45.3 Å². The molecule has 0 aliphatic carbocycles.